The van der Waals surface area contributed by atoms with Crippen molar-refractivity contribution in [1.82, 2.24) is 10.6 Å². The van der Waals surface area contributed by atoms with Gasteiger partial charge in [0.1, 0.15) is 11.8 Å². The fourth-order valence-electron chi connectivity index (χ4n) is 3.92. The highest BCUT2D eigenvalue weighted by Gasteiger charge is 2.44. The zero-order valence-electron chi connectivity index (χ0n) is 18.6. The summed E-state index contributed by atoms with van der Waals surface area (Å²) in [6.07, 6.45) is 2.29. The zero-order chi connectivity index (χ0) is 24.0. The molecule has 3 aromatic rings. The number of nitrogens with one attached hydrogen (secondary N) is 3. The number of amides is 3. The lowest BCUT2D eigenvalue weighted by Gasteiger charge is -2.22. The van der Waals surface area contributed by atoms with Crippen LogP contribution >= 0.6 is 0 Å². The lowest BCUT2D eigenvalue weighted by atomic mass is 9.95. The highest BCUT2D eigenvalue weighted by molar-refractivity contribution is 5.94. The molecule has 0 saturated heterocycles. The predicted molar refractivity (Wildman–Crippen MR) is 129 cm³/mol. The maximum absolute atomic E-state index is 13.2. The molecule has 0 aromatic heterocycles. The Morgan fingerprint density at radius 2 is 1.65 bits per heavy atom. The summed E-state index contributed by atoms with van der Waals surface area (Å²) in [5, 5.41) is 26.9. The Hall–Kier alpha value is -4.31. The van der Waals surface area contributed by atoms with E-state index in [1.165, 1.54) is 17.7 Å². The number of phenolic OH excluding ortho intramolecular Hbond substituents is 1. The summed E-state index contributed by atoms with van der Waals surface area (Å²) in [4.78, 5) is 25.8. The number of carbonyl (C=O) groups is 2. The number of nitriles is 1. The summed E-state index contributed by atoms with van der Waals surface area (Å²) >= 11 is 0. The van der Waals surface area contributed by atoms with E-state index in [-0.39, 0.29) is 23.5 Å². The number of carbonyl (C=O) groups excluding carboxylic acids is 2. The highest BCUT2D eigenvalue weighted by Crippen LogP contribution is 2.47. The molecule has 34 heavy (non-hydrogen) atoms. The molecule has 3 aromatic carbocycles. The van der Waals surface area contributed by atoms with Crippen molar-refractivity contribution < 1.29 is 14.7 Å². The quantitative estimate of drug-likeness (QED) is 0.387. The smallest absolute Gasteiger partial charge is 0.319 e. The minimum absolute atomic E-state index is 0.0514. The molecule has 3 amide bonds. The summed E-state index contributed by atoms with van der Waals surface area (Å²) < 4.78 is 0. The van der Waals surface area contributed by atoms with E-state index in [0.29, 0.717) is 17.8 Å². The molecular formula is C27H26N4O3. The van der Waals surface area contributed by atoms with Crippen molar-refractivity contribution in [2.45, 2.75) is 30.7 Å². The third-order valence-electron chi connectivity index (χ3n) is 6.11. The first-order valence-electron chi connectivity index (χ1n) is 11.2. The van der Waals surface area contributed by atoms with E-state index in [2.05, 4.69) is 34.2 Å². The van der Waals surface area contributed by atoms with Crippen LogP contribution in [-0.4, -0.2) is 29.6 Å². The molecule has 0 unspecified atom stereocenters. The molecule has 1 aliphatic rings. The van der Waals surface area contributed by atoms with E-state index in [1.807, 2.05) is 18.2 Å². The molecule has 0 radical (unpaired) electrons. The summed E-state index contributed by atoms with van der Waals surface area (Å²) in [5.74, 6) is -0.177. The van der Waals surface area contributed by atoms with Crippen molar-refractivity contribution in [3.63, 3.8) is 0 Å². The van der Waals surface area contributed by atoms with Gasteiger partial charge in [-0.2, -0.15) is 5.26 Å². The van der Waals surface area contributed by atoms with E-state index in [4.69, 9.17) is 5.26 Å². The van der Waals surface area contributed by atoms with Crippen molar-refractivity contribution >= 4 is 17.6 Å². The predicted octanol–water partition coefficient (Wildman–Crippen LogP) is 3.84. The van der Waals surface area contributed by atoms with Gasteiger partial charge >= 0.3 is 6.03 Å². The number of anilines is 1. The molecule has 4 rings (SSSR count). The lowest BCUT2D eigenvalue weighted by molar-refractivity contribution is -0.123. The average Bonchev–Trinajstić information content (AvgIpc) is 3.66. The van der Waals surface area contributed by atoms with Crippen molar-refractivity contribution in [2.24, 2.45) is 0 Å². The molecule has 7 nitrogen and oxygen atoms in total. The van der Waals surface area contributed by atoms with Crippen LogP contribution in [0, 0.1) is 11.3 Å². The van der Waals surface area contributed by atoms with Gasteiger partial charge in [-0.1, -0.05) is 42.5 Å². The molecule has 1 fully saturated rings. The molecular weight excluding hydrogens is 428 g/mol. The summed E-state index contributed by atoms with van der Waals surface area (Å²) in [6.45, 7) is 0.501. The fraction of sp³-hybridized carbons (Fsp3) is 0.222. The number of aromatic hydroxyl groups is 1. The third kappa shape index (κ3) is 5.73. The zero-order valence-corrected chi connectivity index (χ0v) is 18.6. The van der Waals surface area contributed by atoms with E-state index < -0.39 is 12.1 Å². The van der Waals surface area contributed by atoms with Gasteiger partial charge in [-0.3, -0.25) is 4.79 Å². The van der Waals surface area contributed by atoms with Crippen molar-refractivity contribution in [2.75, 3.05) is 11.9 Å². The minimum atomic E-state index is -0.809. The van der Waals surface area contributed by atoms with Crippen LogP contribution in [0.5, 0.6) is 5.75 Å². The Morgan fingerprint density at radius 3 is 2.26 bits per heavy atom. The Kier molecular flexibility index (Phi) is 6.79. The fourth-order valence-corrected chi connectivity index (χ4v) is 3.92. The second kappa shape index (κ2) is 10.1. The van der Waals surface area contributed by atoms with E-state index >= 15 is 0 Å². The van der Waals surface area contributed by atoms with Gasteiger partial charge in [-0.25, -0.2) is 4.79 Å². The molecule has 172 valence electrons. The van der Waals surface area contributed by atoms with Crippen LogP contribution in [0.15, 0.2) is 78.9 Å². The number of hydrogen-bond acceptors (Lipinski definition) is 4. The van der Waals surface area contributed by atoms with E-state index in [0.717, 1.165) is 18.4 Å². The SMILES string of the molecule is N#Cc1ccc(C[C@H](NC(=O)Nc2ccc(O)cc2)C(=O)NCC2(c3ccccc3)CC2)cc1. The first-order valence-corrected chi connectivity index (χ1v) is 11.2. The normalized spacial score (nSPS) is 14.3. The Balaban J connectivity index is 1.44. The molecule has 0 aliphatic heterocycles. The van der Waals surface area contributed by atoms with E-state index in [1.54, 1.807) is 36.4 Å². The highest BCUT2D eigenvalue weighted by atomic mass is 16.3. The van der Waals surface area contributed by atoms with Gasteiger partial charge in [0.15, 0.2) is 0 Å². The van der Waals surface area contributed by atoms with Crippen LogP contribution in [-0.2, 0) is 16.6 Å². The standard InChI is InChI=1S/C27H26N4O3/c28-17-20-8-6-19(7-9-20)16-24(31-26(34)30-22-10-12-23(32)13-11-22)25(33)29-18-27(14-15-27)21-4-2-1-3-5-21/h1-13,24,32H,14-16,18H2,(H,29,33)(H2,30,31,34)/t24-/m0/s1. The van der Waals surface area contributed by atoms with Gasteiger partial charge < -0.3 is 21.1 Å². The number of nitrogens with zero attached hydrogens (tertiary/aromatic N) is 1. The molecule has 7 heteroatoms. The van der Waals surface area contributed by atoms with Crippen molar-refractivity contribution in [3.05, 3.63) is 95.6 Å². The number of hydrogen-bond donors (Lipinski definition) is 4. The minimum Gasteiger partial charge on any atom is -0.508 e. The molecule has 1 atom stereocenters. The second-order valence-electron chi connectivity index (χ2n) is 8.57. The van der Waals surface area contributed by atoms with Crippen LogP contribution in [0.4, 0.5) is 10.5 Å². The first-order chi connectivity index (χ1) is 16.5. The summed E-state index contributed by atoms with van der Waals surface area (Å²) in [6, 6.07) is 23.9. The average molecular weight is 455 g/mol. The number of benzene rings is 3. The number of rotatable bonds is 8. The van der Waals surface area contributed by atoms with Crippen LogP contribution in [0.25, 0.3) is 0 Å². The van der Waals surface area contributed by atoms with Crippen molar-refractivity contribution in [3.8, 4) is 11.8 Å². The van der Waals surface area contributed by atoms with Gasteiger partial charge in [0, 0.05) is 24.1 Å². The largest absolute Gasteiger partial charge is 0.508 e. The molecule has 1 saturated carbocycles. The van der Waals surface area contributed by atoms with Crippen LogP contribution in [0.1, 0.15) is 29.5 Å². The third-order valence-corrected chi connectivity index (χ3v) is 6.11. The van der Waals surface area contributed by atoms with Crippen LogP contribution in [0.3, 0.4) is 0 Å². The molecule has 4 N–H and O–H groups in total. The van der Waals surface area contributed by atoms with Crippen molar-refractivity contribution in [1.29, 1.82) is 5.26 Å². The van der Waals surface area contributed by atoms with Gasteiger partial charge in [-0.05, 0) is 60.4 Å². The van der Waals surface area contributed by atoms with Gasteiger partial charge in [0.2, 0.25) is 5.91 Å². The van der Waals surface area contributed by atoms with Gasteiger partial charge in [-0.15, -0.1) is 0 Å². The topological polar surface area (TPSA) is 114 Å². The molecule has 0 bridgehead atoms. The van der Waals surface area contributed by atoms with Crippen LogP contribution < -0.4 is 16.0 Å². The van der Waals surface area contributed by atoms with Crippen LogP contribution in [0.2, 0.25) is 0 Å². The monoisotopic (exact) mass is 454 g/mol. The Labute approximate surface area is 198 Å². The maximum atomic E-state index is 13.2. The summed E-state index contributed by atoms with van der Waals surface area (Å²) in [7, 11) is 0. The van der Waals surface area contributed by atoms with Gasteiger partial charge in [0.25, 0.3) is 0 Å². The number of phenols is 1. The lowest BCUT2D eigenvalue weighted by Crippen LogP contribution is -2.50. The summed E-state index contributed by atoms with van der Waals surface area (Å²) in [5.41, 5.74) is 3.00. The number of urea groups is 1. The Bertz CT molecular complexity index is 1180. The Morgan fingerprint density at radius 1 is 0.971 bits per heavy atom. The maximum Gasteiger partial charge on any atom is 0.319 e. The molecule has 0 heterocycles. The van der Waals surface area contributed by atoms with Gasteiger partial charge in [0.05, 0.1) is 11.6 Å². The second-order valence-corrected chi connectivity index (χ2v) is 8.57. The molecule has 1 aliphatic carbocycles. The van der Waals surface area contributed by atoms with E-state index in [9.17, 15) is 14.7 Å². The first kappa shape index (κ1) is 22.9. The molecule has 0 spiro atoms.